The highest BCUT2D eigenvalue weighted by Crippen LogP contribution is 2.33. The Balaban J connectivity index is 2.18. The van der Waals surface area contributed by atoms with Gasteiger partial charge in [0.25, 0.3) is 0 Å². The normalized spacial score (nSPS) is 24.6. The van der Waals surface area contributed by atoms with E-state index in [2.05, 4.69) is 17.1 Å². The van der Waals surface area contributed by atoms with Crippen molar-refractivity contribution in [2.75, 3.05) is 18.5 Å². The van der Waals surface area contributed by atoms with Gasteiger partial charge in [-0.05, 0) is 45.0 Å². The number of piperidine rings is 1. The monoisotopic (exact) mass is 272 g/mol. The summed E-state index contributed by atoms with van der Waals surface area (Å²) in [4.78, 5) is 2.06. The molecule has 2 atom stereocenters. The van der Waals surface area contributed by atoms with E-state index in [9.17, 15) is 13.2 Å². The predicted molar refractivity (Wildman–Crippen MR) is 70.3 cm³/mol. The Hall–Kier alpha value is -1.23. The Morgan fingerprint density at radius 2 is 2.05 bits per heavy atom. The summed E-state index contributed by atoms with van der Waals surface area (Å²) in [7, 11) is 1.93. The number of hydrogen-bond donors (Lipinski definition) is 1. The van der Waals surface area contributed by atoms with Gasteiger partial charge in [0.2, 0.25) is 0 Å². The van der Waals surface area contributed by atoms with Crippen molar-refractivity contribution < 1.29 is 13.2 Å². The minimum absolute atomic E-state index is 0.245. The Bertz CT molecular complexity index is 431. The van der Waals surface area contributed by atoms with Crippen LogP contribution in [0.2, 0.25) is 0 Å². The molecule has 1 fully saturated rings. The molecule has 106 valence electrons. The summed E-state index contributed by atoms with van der Waals surface area (Å²) in [5, 5.41) is 3.24. The maximum absolute atomic E-state index is 12.7. The molecule has 1 aromatic rings. The molecule has 1 N–H and O–H groups in total. The highest BCUT2D eigenvalue weighted by atomic mass is 19.4. The van der Waals surface area contributed by atoms with Gasteiger partial charge < -0.3 is 10.2 Å². The summed E-state index contributed by atoms with van der Waals surface area (Å²) in [5.74, 6) is 0. The lowest BCUT2D eigenvalue weighted by Gasteiger charge is -2.39. The van der Waals surface area contributed by atoms with E-state index < -0.39 is 11.7 Å². The first-order valence-corrected chi connectivity index (χ1v) is 6.53. The average Bonchev–Trinajstić information content (AvgIpc) is 2.37. The van der Waals surface area contributed by atoms with Crippen molar-refractivity contribution in [1.29, 1.82) is 0 Å². The molecule has 2 nitrogen and oxygen atoms in total. The summed E-state index contributed by atoms with van der Waals surface area (Å²) in [5.41, 5.74) is 0.0878. The van der Waals surface area contributed by atoms with Gasteiger partial charge in [0.1, 0.15) is 0 Å². The first-order chi connectivity index (χ1) is 8.91. The number of hydrogen-bond acceptors (Lipinski definition) is 2. The van der Waals surface area contributed by atoms with Crippen LogP contribution in [0.25, 0.3) is 0 Å². The van der Waals surface area contributed by atoms with Crippen LogP contribution in [0.3, 0.4) is 0 Å². The fourth-order valence-corrected chi connectivity index (χ4v) is 2.68. The van der Waals surface area contributed by atoms with Gasteiger partial charge in [-0.25, -0.2) is 0 Å². The van der Waals surface area contributed by atoms with Gasteiger partial charge in [-0.1, -0.05) is 6.07 Å². The zero-order chi connectivity index (χ0) is 14.0. The van der Waals surface area contributed by atoms with E-state index in [4.69, 9.17) is 0 Å². The maximum Gasteiger partial charge on any atom is 0.416 e. The first-order valence-electron chi connectivity index (χ1n) is 6.53. The molecule has 0 spiro atoms. The highest BCUT2D eigenvalue weighted by Gasteiger charge is 2.32. The summed E-state index contributed by atoms with van der Waals surface area (Å²) in [6.45, 7) is 2.84. The maximum atomic E-state index is 12.7. The lowest BCUT2D eigenvalue weighted by Crippen LogP contribution is -2.46. The van der Waals surface area contributed by atoms with E-state index in [0.717, 1.165) is 25.5 Å². The van der Waals surface area contributed by atoms with E-state index in [0.29, 0.717) is 11.7 Å². The molecule has 0 saturated carbocycles. The van der Waals surface area contributed by atoms with Crippen molar-refractivity contribution >= 4 is 5.69 Å². The van der Waals surface area contributed by atoms with Crippen LogP contribution in [0, 0.1) is 0 Å². The van der Waals surface area contributed by atoms with E-state index in [1.165, 1.54) is 12.1 Å². The fourth-order valence-electron chi connectivity index (χ4n) is 2.68. The largest absolute Gasteiger partial charge is 0.416 e. The number of halogens is 3. The molecule has 0 aromatic heterocycles. The second-order valence-corrected chi connectivity index (χ2v) is 5.10. The summed E-state index contributed by atoms with van der Waals surface area (Å²) >= 11 is 0. The molecule has 1 heterocycles. The molecular weight excluding hydrogens is 253 g/mol. The van der Waals surface area contributed by atoms with Gasteiger partial charge in [-0.15, -0.1) is 0 Å². The minimum Gasteiger partial charge on any atom is -0.369 e. The van der Waals surface area contributed by atoms with Crippen LogP contribution in [-0.4, -0.2) is 25.7 Å². The van der Waals surface area contributed by atoms with Gasteiger partial charge in [0, 0.05) is 24.3 Å². The SMILES string of the molecule is CNC1CCN(c2cccc(C(F)(F)F)c2)C(C)C1. The fraction of sp³-hybridized carbons (Fsp3) is 0.571. The van der Waals surface area contributed by atoms with Crippen molar-refractivity contribution in [3.63, 3.8) is 0 Å². The molecule has 0 bridgehead atoms. The third kappa shape index (κ3) is 3.21. The van der Waals surface area contributed by atoms with Crippen molar-refractivity contribution in [2.45, 2.75) is 38.0 Å². The second kappa shape index (κ2) is 5.41. The lowest BCUT2D eigenvalue weighted by atomic mass is 9.97. The molecule has 1 aliphatic heterocycles. The van der Waals surface area contributed by atoms with E-state index in [1.807, 2.05) is 7.05 Å². The molecule has 1 saturated heterocycles. The Morgan fingerprint density at radius 1 is 1.32 bits per heavy atom. The van der Waals surface area contributed by atoms with Crippen molar-refractivity contribution in [2.24, 2.45) is 0 Å². The van der Waals surface area contributed by atoms with Gasteiger partial charge in [-0.2, -0.15) is 13.2 Å². The molecule has 5 heteroatoms. The third-order valence-electron chi connectivity index (χ3n) is 3.79. The quantitative estimate of drug-likeness (QED) is 0.888. The summed E-state index contributed by atoms with van der Waals surface area (Å²) in [6, 6.07) is 6.30. The molecule has 1 aliphatic rings. The standard InChI is InChI=1S/C14H19F3N2/c1-10-8-12(18-2)6-7-19(10)13-5-3-4-11(9-13)14(15,16)17/h3-5,9-10,12,18H,6-8H2,1-2H3. The number of rotatable bonds is 2. The third-order valence-corrected chi connectivity index (χ3v) is 3.79. The summed E-state index contributed by atoms with van der Waals surface area (Å²) < 4.78 is 38.2. The van der Waals surface area contributed by atoms with Crippen LogP contribution in [-0.2, 0) is 6.18 Å². The van der Waals surface area contributed by atoms with Crippen LogP contribution < -0.4 is 10.2 Å². The molecule has 19 heavy (non-hydrogen) atoms. The topological polar surface area (TPSA) is 15.3 Å². The Morgan fingerprint density at radius 3 is 2.63 bits per heavy atom. The molecule has 0 amide bonds. The predicted octanol–water partition coefficient (Wildman–Crippen LogP) is 3.28. The molecule has 0 radical (unpaired) electrons. The second-order valence-electron chi connectivity index (χ2n) is 5.10. The summed E-state index contributed by atoms with van der Waals surface area (Å²) in [6.07, 6.45) is -2.37. The van der Waals surface area contributed by atoms with Gasteiger partial charge in [0.05, 0.1) is 5.56 Å². The van der Waals surface area contributed by atoms with Crippen molar-refractivity contribution in [1.82, 2.24) is 5.32 Å². The molecule has 2 rings (SSSR count). The molecule has 1 aromatic carbocycles. The van der Waals surface area contributed by atoms with Gasteiger partial charge in [-0.3, -0.25) is 0 Å². The number of alkyl halides is 3. The molecular formula is C14H19F3N2. The van der Waals surface area contributed by atoms with Crippen molar-refractivity contribution in [3.05, 3.63) is 29.8 Å². The van der Waals surface area contributed by atoms with Crippen LogP contribution in [0.1, 0.15) is 25.3 Å². The van der Waals surface area contributed by atoms with Crippen molar-refractivity contribution in [3.8, 4) is 0 Å². The highest BCUT2D eigenvalue weighted by molar-refractivity contribution is 5.50. The number of nitrogens with one attached hydrogen (secondary N) is 1. The zero-order valence-electron chi connectivity index (χ0n) is 11.2. The number of benzene rings is 1. The Kier molecular flexibility index (Phi) is 4.04. The molecule has 2 unspecified atom stereocenters. The van der Waals surface area contributed by atoms with Crippen LogP contribution in [0.5, 0.6) is 0 Å². The number of nitrogens with zero attached hydrogens (tertiary/aromatic N) is 1. The lowest BCUT2D eigenvalue weighted by molar-refractivity contribution is -0.137. The van der Waals surface area contributed by atoms with Crippen LogP contribution in [0.15, 0.2) is 24.3 Å². The van der Waals surface area contributed by atoms with Gasteiger partial charge in [0.15, 0.2) is 0 Å². The van der Waals surface area contributed by atoms with Crippen LogP contribution in [0.4, 0.5) is 18.9 Å². The smallest absolute Gasteiger partial charge is 0.369 e. The molecule has 0 aliphatic carbocycles. The minimum atomic E-state index is -4.28. The average molecular weight is 272 g/mol. The van der Waals surface area contributed by atoms with E-state index >= 15 is 0 Å². The van der Waals surface area contributed by atoms with E-state index in [-0.39, 0.29) is 6.04 Å². The van der Waals surface area contributed by atoms with E-state index in [1.54, 1.807) is 6.07 Å². The van der Waals surface area contributed by atoms with Gasteiger partial charge >= 0.3 is 6.18 Å². The van der Waals surface area contributed by atoms with Crippen LogP contribution >= 0.6 is 0 Å². The first kappa shape index (κ1) is 14.2. The zero-order valence-corrected chi connectivity index (χ0v) is 11.2. The number of anilines is 1. The Labute approximate surface area is 111 Å².